The lowest BCUT2D eigenvalue weighted by Gasteiger charge is -2.21. The fraction of sp³-hybridized carbons (Fsp3) is 0.846. The molecule has 1 saturated heterocycles. The standard InChI is InChI=1S/C13H22N2O5/c16-10-6-11(12(17)18)15(7-10)13(19)14-4-1-5-20-8-9-2-3-9/h9-11,16H,1-8H2,(H,14,19)(H,17,18)/t10-,11-/m0/s1. The van der Waals surface area contributed by atoms with E-state index in [2.05, 4.69) is 5.32 Å². The Morgan fingerprint density at radius 1 is 1.35 bits per heavy atom. The van der Waals surface area contributed by atoms with Crippen molar-refractivity contribution in [2.75, 3.05) is 26.3 Å². The summed E-state index contributed by atoms with van der Waals surface area (Å²) < 4.78 is 5.44. The highest BCUT2D eigenvalue weighted by Crippen LogP contribution is 2.28. The van der Waals surface area contributed by atoms with Crippen LogP contribution in [0.3, 0.4) is 0 Å². The van der Waals surface area contributed by atoms with Crippen molar-refractivity contribution in [3.63, 3.8) is 0 Å². The number of urea groups is 1. The monoisotopic (exact) mass is 286 g/mol. The largest absolute Gasteiger partial charge is 0.480 e. The molecule has 7 nitrogen and oxygen atoms in total. The third-order valence-corrected chi connectivity index (χ3v) is 3.62. The van der Waals surface area contributed by atoms with Crippen molar-refractivity contribution in [1.82, 2.24) is 10.2 Å². The van der Waals surface area contributed by atoms with Gasteiger partial charge in [-0.1, -0.05) is 0 Å². The van der Waals surface area contributed by atoms with E-state index >= 15 is 0 Å². The second kappa shape index (κ2) is 6.90. The first-order chi connectivity index (χ1) is 9.58. The minimum Gasteiger partial charge on any atom is -0.480 e. The van der Waals surface area contributed by atoms with Gasteiger partial charge in [0.15, 0.2) is 0 Å². The Morgan fingerprint density at radius 2 is 2.10 bits per heavy atom. The number of carboxylic acid groups (broad SMARTS) is 1. The van der Waals surface area contributed by atoms with E-state index in [4.69, 9.17) is 9.84 Å². The summed E-state index contributed by atoms with van der Waals surface area (Å²) in [5.41, 5.74) is 0. The molecule has 0 aromatic heterocycles. The quantitative estimate of drug-likeness (QED) is 0.574. The Hall–Kier alpha value is -1.34. The fourth-order valence-corrected chi connectivity index (χ4v) is 2.28. The smallest absolute Gasteiger partial charge is 0.326 e. The summed E-state index contributed by atoms with van der Waals surface area (Å²) in [4.78, 5) is 24.0. The summed E-state index contributed by atoms with van der Waals surface area (Å²) in [5.74, 6) is -0.350. The zero-order chi connectivity index (χ0) is 14.5. The van der Waals surface area contributed by atoms with Crippen LogP contribution in [-0.4, -0.2) is 65.6 Å². The molecule has 3 N–H and O–H groups in total. The average molecular weight is 286 g/mol. The van der Waals surface area contributed by atoms with Crippen LogP contribution in [0.4, 0.5) is 4.79 Å². The maximum absolute atomic E-state index is 11.9. The zero-order valence-electron chi connectivity index (χ0n) is 11.5. The Labute approximate surface area is 117 Å². The van der Waals surface area contributed by atoms with Crippen LogP contribution >= 0.6 is 0 Å². The molecule has 0 radical (unpaired) electrons. The van der Waals surface area contributed by atoms with Crippen molar-refractivity contribution in [1.29, 1.82) is 0 Å². The van der Waals surface area contributed by atoms with Crippen molar-refractivity contribution in [2.24, 2.45) is 5.92 Å². The lowest BCUT2D eigenvalue weighted by atomic mass is 10.2. The summed E-state index contributed by atoms with van der Waals surface area (Å²) in [6.45, 7) is 1.92. The van der Waals surface area contributed by atoms with Crippen molar-refractivity contribution in [3.8, 4) is 0 Å². The first-order valence-electron chi connectivity index (χ1n) is 7.11. The Kier molecular flexibility index (Phi) is 5.19. The molecule has 1 aliphatic carbocycles. The van der Waals surface area contributed by atoms with Gasteiger partial charge in [0.25, 0.3) is 0 Å². The number of ether oxygens (including phenoxy) is 1. The van der Waals surface area contributed by atoms with E-state index in [1.807, 2.05) is 0 Å². The van der Waals surface area contributed by atoms with E-state index in [1.165, 1.54) is 17.7 Å². The molecule has 0 spiro atoms. The van der Waals surface area contributed by atoms with Crippen LogP contribution in [-0.2, 0) is 9.53 Å². The molecule has 1 saturated carbocycles. The van der Waals surface area contributed by atoms with Gasteiger partial charge in [0, 0.05) is 32.7 Å². The van der Waals surface area contributed by atoms with Crippen LogP contribution < -0.4 is 5.32 Å². The van der Waals surface area contributed by atoms with Gasteiger partial charge in [0.05, 0.1) is 6.10 Å². The van der Waals surface area contributed by atoms with Gasteiger partial charge in [-0.25, -0.2) is 9.59 Å². The molecular formula is C13H22N2O5. The van der Waals surface area contributed by atoms with Crippen LogP contribution in [0.25, 0.3) is 0 Å². The van der Waals surface area contributed by atoms with E-state index in [0.717, 1.165) is 12.5 Å². The topological polar surface area (TPSA) is 99.1 Å². The van der Waals surface area contributed by atoms with Gasteiger partial charge in [-0.2, -0.15) is 0 Å². The van der Waals surface area contributed by atoms with E-state index < -0.39 is 24.1 Å². The fourth-order valence-electron chi connectivity index (χ4n) is 2.28. The molecule has 2 amide bonds. The van der Waals surface area contributed by atoms with Gasteiger partial charge < -0.3 is 25.2 Å². The summed E-state index contributed by atoms with van der Waals surface area (Å²) in [7, 11) is 0. The maximum atomic E-state index is 11.9. The number of β-amino-alcohol motifs (C(OH)–C–C–N with tert-alkyl or cyclic N) is 1. The number of carbonyl (C=O) groups is 2. The molecule has 1 aliphatic heterocycles. The molecule has 7 heteroatoms. The van der Waals surface area contributed by atoms with Crippen LogP contribution in [0, 0.1) is 5.92 Å². The first kappa shape index (κ1) is 15.1. The molecule has 0 unspecified atom stereocenters. The first-order valence-corrected chi connectivity index (χ1v) is 7.11. The van der Waals surface area contributed by atoms with E-state index in [1.54, 1.807) is 0 Å². The zero-order valence-corrected chi connectivity index (χ0v) is 11.5. The molecule has 1 heterocycles. The maximum Gasteiger partial charge on any atom is 0.326 e. The Morgan fingerprint density at radius 3 is 2.75 bits per heavy atom. The molecule has 2 fully saturated rings. The van der Waals surface area contributed by atoms with E-state index in [9.17, 15) is 14.7 Å². The normalized spacial score (nSPS) is 25.8. The number of carboxylic acids is 1. The predicted molar refractivity (Wildman–Crippen MR) is 70.3 cm³/mol. The molecule has 114 valence electrons. The van der Waals surface area contributed by atoms with Crippen LogP contribution in [0.5, 0.6) is 0 Å². The second-order valence-electron chi connectivity index (χ2n) is 5.50. The van der Waals surface area contributed by atoms with Crippen molar-refractivity contribution < 1.29 is 24.5 Å². The molecule has 2 aliphatic rings. The number of aliphatic hydroxyl groups excluding tert-OH is 1. The number of rotatable bonds is 7. The van der Waals surface area contributed by atoms with E-state index in [0.29, 0.717) is 19.6 Å². The second-order valence-corrected chi connectivity index (χ2v) is 5.50. The van der Waals surface area contributed by atoms with E-state index in [-0.39, 0.29) is 13.0 Å². The Balaban J connectivity index is 1.61. The predicted octanol–water partition coefficient (Wildman–Crippen LogP) is 0.0325. The molecule has 20 heavy (non-hydrogen) atoms. The van der Waals surface area contributed by atoms with Gasteiger partial charge in [-0.05, 0) is 25.2 Å². The van der Waals surface area contributed by atoms with Crippen LogP contribution in [0.1, 0.15) is 25.7 Å². The molecule has 2 atom stereocenters. The van der Waals surface area contributed by atoms with Crippen molar-refractivity contribution >= 4 is 12.0 Å². The van der Waals surface area contributed by atoms with Crippen LogP contribution in [0.15, 0.2) is 0 Å². The summed E-state index contributed by atoms with van der Waals surface area (Å²) in [6, 6.07) is -1.37. The number of hydrogen-bond donors (Lipinski definition) is 3. The minimum atomic E-state index is -1.08. The number of aliphatic carboxylic acids is 1. The molecule has 0 bridgehead atoms. The number of nitrogens with zero attached hydrogens (tertiary/aromatic N) is 1. The van der Waals surface area contributed by atoms with Crippen molar-refractivity contribution in [2.45, 2.75) is 37.8 Å². The third-order valence-electron chi connectivity index (χ3n) is 3.62. The van der Waals surface area contributed by atoms with Crippen molar-refractivity contribution in [3.05, 3.63) is 0 Å². The number of hydrogen-bond acceptors (Lipinski definition) is 4. The highest BCUT2D eigenvalue weighted by molar-refractivity contribution is 5.83. The van der Waals surface area contributed by atoms with Gasteiger partial charge in [0.1, 0.15) is 6.04 Å². The SMILES string of the molecule is O=C(O)[C@@H]1C[C@H](O)CN1C(=O)NCCCOCC1CC1. The lowest BCUT2D eigenvalue weighted by Crippen LogP contribution is -2.46. The highest BCUT2D eigenvalue weighted by atomic mass is 16.5. The molecular weight excluding hydrogens is 264 g/mol. The summed E-state index contributed by atoms with van der Waals surface area (Å²) in [6.07, 6.45) is 2.54. The lowest BCUT2D eigenvalue weighted by molar-refractivity contribution is -0.141. The van der Waals surface area contributed by atoms with Gasteiger partial charge >= 0.3 is 12.0 Å². The number of amides is 2. The molecule has 0 aromatic rings. The average Bonchev–Trinajstić information content (AvgIpc) is 3.13. The van der Waals surface area contributed by atoms with Gasteiger partial charge in [-0.15, -0.1) is 0 Å². The van der Waals surface area contributed by atoms with Gasteiger partial charge in [-0.3, -0.25) is 0 Å². The number of carbonyl (C=O) groups excluding carboxylic acids is 1. The highest BCUT2D eigenvalue weighted by Gasteiger charge is 2.38. The summed E-state index contributed by atoms with van der Waals surface area (Å²) in [5, 5.41) is 21.1. The third kappa shape index (κ3) is 4.35. The Bertz CT molecular complexity index is 359. The molecule has 0 aromatic carbocycles. The molecule has 2 rings (SSSR count). The van der Waals surface area contributed by atoms with Gasteiger partial charge in [0.2, 0.25) is 0 Å². The number of nitrogens with one attached hydrogen (secondary N) is 1. The van der Waals surface area contributed by atoms with Crippen LogP contribution in [0.2, 0.25) is 0 Å². The number of likely N-dealkylation sites (tertiary alicyclic amines) is 1. The minimum absolute atomic E-state index is 0.0704. The number of aliphatic hydroxyl groups is 1. The summed E-state index contributed by atoms with van der Waals surface area (Å²) >= 11 is 0.